The van der Waals surface area contributed by atoms with E-state index in [-0.39, 0.29) is 0 Å². The van der Waals surface area contributed by atoms with Crippen LogP contribution in [0.5, 0.6) is 0 Å². The molecule has 0 bridgehead atoms. The molecule has 2 aromatic rings. The summed E-state index contributed by atoms with van der Waals surface area (Å²) >= 11 is 7.36. The maximum atomic E-state index is 11.2. The second kappa shape index (κ2) is 4.40. The molecular formula is C12H11ClN2O2S. The monoisotopic (exact) mass is 282 g/mol. The van der Waals surface area contributed by atoms with Crippen molar-refractivity contribution in [2.45, 2.75) is 25.3 Å². The van der Waals surface area contributed by atoms with Gasteiger partial charge in [-0.25, -0.2) is 9.78 Å². The molecule has 94 valence electrons. The summed E-state index contributed by atoms with van der Waals surface area (Å²) < 4.78 is 2.50. The molecule has 1 N–H and O–H groups in total. The Morgan fingerprint density at radius 3 is 3.06 bits per heavy atom. The molecule has 4 nitrogen and oxygen atoms in total. The van der Waals surface area contributed by atoms with Gasteiger partial charge in [0.2, 0.25) is 0 Å². The van der Waals surface area contributed by atoms with Gasteiger partial charge < -0.3 is 9.67 Å². The number of aliphatic carboxylic acids is 1. The van der Waals surface area contributed by atoms with Crippen LogP contribution in [0.25, 0.3) is 10.6 Å². The first kappa shape index (κ1) is 11.7. The van der Waals surface area contributed by atoms with E-state index < -0.39 is 12.0 Å². The third kappa shape index (κ3) is 1.93. The van der Waals surface area contributed by atoms with Crippen molar-refractivity contribution in [1.29, 1.82) is 0 Å². The van der Waals surface area contributed by atoms with E-state index in [9.17, 15) is 9.90 Å². The highest BCUT2D eigenvalue weighted by molar-refractivity contribution is 7.19. The fourth-order valence-electron chi connectivity index (χ4n) is 2.29. The fraction of sp³-hybridized carbons (Fsp3) is 0.333. The van der Waals surface area contributed by atoms with Crippen molar-refractivity contribution in [1.82, 2.24) is 9.55 Å². The summed E-state index contributed by atoms with van der Waals surface area (Å²) in [6.07, 6.45) is 4.21. The van der Waals surface area contributed by atoms with Gasteiger partial charge in [0.05, 0.1) is 14.9 Å². The van der Waals surface area contributed by atoms with E-state index in [1.807, 2.05) is 18.3 Å². The Morgan fingerprint density at radius 1 is 1.56 bits per heavy atom. The smallest absolute Gasteiger partial charge is 0.326 e. The summed E-state index contributed by atoms with van der Waals surface area (Å²) in [4.78, 5) is 16.7. The zero-order valence-electron chi connectivity index (χ0n) is 9.47. The van der Waals surface area contributed by atoms with Gasteiger partial charge in [0.15, 0.2) is 0 Å². The molecule has 0 saturated heterocycles. The molecule has 1 unspecified atom stereocenters. The summed E-state index contributed by atoms with van der Waals surface area (Å²) in [6.45, 7) is 0. The highest BCUT2D eigenvalue weighted by atomic mass is 35.5. The van der Waals surface area contributed by atoms with Crippen molar-refractivity contribution in [2.24, 2.45) is 0 Å². The van der Waals surface area contributed by atoms with Crippen LogP contribution in [0.1, 0.15) is 24.7 Å². The molecule has 1 atom stereocenters. The number of hydrogen-bond acceptors (Lipinski definition) is 3. The maximum absolute atomic E-state index is 11.2. The highest BCUT2D eigenvalue weighted by Crippen LogP contribution is 2.33. The Balaban J connectivity index is 2.03. The zero-order valence-corrected chi connectivity index (χ0v) is 11.0. The summed E-state index contributed by atoms with van der Waals surface area (Å²) in [6, 6.07) is 3.26. The summed E-state index contributed by atoms with van der Waals surface area (Å²) in [5, 5.41) is 9.20. The molecule has 0 spiro atoms. The predicted octanol–water partition coefficient (Wildman–Crippen LogP) is 3.23. The van der Waals surface area contributed by atoms with Gasteiger partial charge in [-0.05, 0) is 25.0 Å². The number of fused-ring (bicyclic) bond motifs is 1. The van der Waals surface area contributed by atoms with Crippen LogP contribution in [0.3, 0.4) is 0 Å². The number of carboxylic acid groups (broad SMARTS) is 1. The van der Waals surface area contributed by atoms with Crippen LogP contribution < -0.4 is 0 Å². The number of aromatic nitrogens is 2. The lowest BCUT2D eigenvalue weighted by molar-refractivity contribution is -0.141. The van der Waals surface area contributed by atoms with Gasteiger partial charge in [-0.3, -0.25) is 0 Å². The van der Waals surface area contributed by atoms with Crippen LogP contribution in [0.15, 0.2) is 18.3 Å². The van der Waals surface area contributed by atoms with Gasteiger partial charge in [-0.15, -0.1) is 11.3 Å². The third-order valence-corrected chi connectivity index (χ3v) is 4.39. The first-order valence-electron chi connectivity index (χ1n) is 5.71. The molecule has 6 heteroatoms. The van der Waals surface area contributed by atoms with Crippen molar-refractivity contribution < 1.29 is 9.90 Å². The lowest BCUT2D eigenvalue weighted by Crippen LogP contribution is -2.24. The summed E-state index contributed by atoms with van der Waals surface area (Å²) in [5.74, 6) is 0.0669. The van der Waals surface area contributed by atoms with Crippen molar-refractivity contribution in [3.8, 4) is 10.6 Å². The number of carboxylic acids is 1. The van der Waals surface area contributed by atoms with E-state index in [0.29, 0.717) is 10.8 Å². The Kier molecular flexibility index (Phi) is 2.87. The van der Waals surface area contributed by atoms with Gasteiger partial charge in [-0.2, -0.15) is 0 Å². The van der Waals surface area contributed by atoms with Crippen LogP contribution in [-0.4, -0.2) is 20.6 Å². The van der Waals surface area contributed by atoms with Crippen LogP contribution in [0.2, 0.25) is 4.34 Å². The molecule has 0 saturated carbocycles. The lowest BCUT2D eigenvalue weighted by atomic mass is 10.1. The number of carbonyl (C=O) groups is 1. The average Bonchev–Trinajstić information content (AvgIpc) is 2.93. The Labute approximate surface area is 113 Å². The molecule has 18 heavy (non-hydrogen) atoms. The van der Waals surface area contributed by atoms with Crippen LogP contribution in [0, 0.1) is 0 Å². The molecule has 1 aliphatic heterocycles. The van der Waals surface area contributed by atoms with E-state index in [1.165, 1.54) is 11.3 Å². The normalized spacial score (nSPS) is 18.6. The molecule has 2 aromatic heterocycles. The average molecular weight is 283 g/mol. The molecule has 3 rings (SSSR count). The minimum absolute atomic E-state index is 0.481. The van der Waals surface area contributed by atoms with Gasteiger partial charge in [-0.1, -0.05) is 11.6 Å². The molecular weight excluding hydrogens is 272 g/mol. The second-order valence-corrected chi connectivity index (χ2v) is 6.01. The number of hydrogen-bond donors (Lipinski definition) is 1. The largest absolute Gasteiger partial charge is 0.480 e. The maximum Gasteiger partial charge on any atom is 0.326 e. The van der Waals surface area contributed by atoms with E-state index in [0.717, 1.165) is 29.2 Å². The van der Waals surface area contributed by atoms with Crippen molar-refractivity contribution in [3.63, 3.8) is 0 Å². The molecule has 0 fully saturated rings. The predicted molar refractivity (Wildman–Crippen MR) is 70.2 cm³/mol. The highest BCUT2D eigenvalue weighted by Gasteiger charge is 2.27. The van der Waals surface area contributed by atoms with E-state index in [1.54, 1.807) is 4.57 Å². The molecule has 0 radical (unpaired) electrons. The third-order valence-electron chi connectivity index (χ3n) is 3.13. The van der Waals surface area contributed by atoms with Gasteiger partial charge in [0.1, 0.15) is 11.9 Å². The van der Waals surface area contributed by atoms with Crippen molar-refractivity contribution >= 4 is 28.9 Å². The Morgan fingerprint density at radius 2 is 2.39 bits per heavy atom. The first-order valence-corrected chi connectivity index (χ1v) is 6.91. The molecule has 3 heterocycles. The van der Waals surface area contributed by atoms with Crippen molar-refractivity contribution in [2.75, 3.05) is 0 Å². The number of nitrogens with zero attached hydrogens (tertiary/aromatic N) is 2. The van der Waals surface area contributed by atoms with E-state index in [4.69, 9.17) is 11.6 Å². The summed E-state index contributed by atoms with van der Waals surface area (Å²) in [7, 11) is 0. The number of imidazole rings is 1. The topological polar surface area (TPSA) is 55.1 Å². The van der Waals surface area contributed by atoms with Gasteiger partial charge in [0.25, 0.3) is 0 Å². The van der Waals surface area contributed by atoms with E-state index >= 15 is 0 Å². The number of thiophene rings is 1. The lowest BCUT2D eigenvalue weighted by Gasteiger charge is -2.20. The number of aryl methyl sites for hydroxylation is 1. The molecule has 0 aromatic carbocycles. The molecule has 0 amide bonds. The quantitative estimate of drug-likeness (QED) is 0.920. The van der Waals surface area contributed by atoms with Crippen molar-refractivity contribution in [3.05, 3.63) is 28.5 Å². The Hall–Kier alpha value is -1.33. The number of halogens is 1. The second-order valence-electron chi connectivity index (χ2n) is 4.30. The van der Waals surface area contributed by atoms with Crippen LogP contribution in [0.4, 0.5) is 0 Å². The molecule has 0 aliphatic carbocycles. The molecule has 1 aliphatic rings. The van der Waals surface area contributed by atoms with Crippen LogP contribution in [-0.2, 0) is 11.2 Å². The van der Waals surface area contributed by atoms with E-state index in [2.05, 4.69) is 4.98 Å². The first-order chi connectivity index (χ1) is 8.65. The Bertz CT molecular complexity index is 605. The minimum atomic E-state index is -0.788. The van der Waals surface area contributed by atoms with Gasteiger partial charge >= 0.3 is 5.97 Å². The summed E-state index contributed by atoms with van der Waals surface area (Å²) in [5.41, 5.74) is 0.815. The van der Waals surface area contributed by atoms with Gasteiger partial charge in [0, 0.05) is 12.6 Å². The minimum Gasteiger partial charge on any atom is -0.480 e. The zero-order chi connectivity index (χ0) is 12.7. The number of rotatable bonds is 2. The van der Waals surface area contributed by atoms with Crippen LogP contribution >= 0.6 is 22.9 Å². The fourth-order valence-corrected chi connectivity index (χ4v) is 3.29. The standard InChI is InChI=1S/C12H11ClN2O2S/c13-10-5-4-9(18-10)7-6-15-8(12(16)17)2-1-3-11(15)14-7/h4-6,8H,1-3H2,(H,16,17). The SMILES string of the molecule is O=C(O)C1CCCc2nc(-c3ccc(Cl)s3)cn21.